The van der Waals surface area contributed by atoms with Crippen LogP contribution in [0.1, 0.15) is 62.0 Å². The first kappa shape index (κ1) is 21.8. The van der Waals surface area contributed by atoms with Crippen molar-refractivity contribution in [1.82, 2.24) is 4.90 Å². The van der Waals surface area contributed by atoms with Gasteiger partial charge in [-0.05, 0) is 86.4 Å². The molecule has 31 heavy (non-hydrogen) atoms. The molecule has 1 saturated heterocycles. The molecule has 4 rings (SSSR count). The minimum Gasteiger partial charge on any atom is -0.325 e. The zero-order valence-electron chi connectivity index (χ0n) is 18.3. The molecule has 0 radical (unpaired) electrons. The molecule has 1 aliphatic heterocycles. The summed E-state index contributed by atoms with van der Waals surface area (Å²) in [6.45, 7) is 2.13. The summed E-state index contributed by atoms with van der Waals surface area (Å²) >= 11 is 0. The molecule has 1 N–H and O–H groups in total. The molecule has 0 bridgehead atoms. The van der Waals surface area contributed by atoms with E-state index in [1.807, 2.05) is 24.3 Å². The fourth-order valence-corrected chi connectivity index (χ4v) is 4.77. The Morgan fingerprint density at radius 2 is 1.77 bits per heavy atom. The lowest BCUT2D eigenvalue weighted by molar-refractivity contribution is -0.117. The Labute approximate surface area is 185 Å². The summed E-state index contributed by atoms with van der Waals surface area (Å²) in [5.41, 5.74) is 4.88. The third-order valence-corrected chi connectivity index (χ3v) is 6.53. The molecule has 3 nitrogen and oxygen atoms in total. The number of hydrogen-bond acceptors (Lipinski definition) is 2. The van der Waals surface area contributed by atoms with Crippen LogP contribution in [0.25, 0.3) is 0 Å². The first-order valence-electron chi connectivity index (χ1n) is 11.7. The molecule has 1 atom stereocenters. The van der Waals surface area contributed by atoms with Crippen molar-refractivity contribution in [2.24, 2.45) is 0 Å². The van der Waals surface area contributed by atoms with E-state index >= 15 is 0 Å². The summed E-state index contributed by atoms with van der Waals surface area (Å²) in [5.74, 6) is 0.191. The molecule has 2 aromatic rings. The number of nitrogens with one attached hydrogen (secondary N) is 1. The number of hydrogen-bond donors (Lipinski definition) is 1. The third kappa shape index (κ3) is 6.51. The fraction of sp³-hybridized carbons (Fsp3) is 0.444. The lowest BCUT2D eigenvalue weighted by Gasteiger charge is -2.16. The maximum Gasteiger partial charge on any atom is 0.238 e. The number of nitrogens with zero attached hydrogens (tertiary/aromatic N) is 1. The number of carbonyl (C=O) groups is 1. The molecule has 1 heterocycles. The van der Waals surface area contributed by atoms with Crippen molar-refractivity contribution in [2.45, 2.75) is 57.3 Å². The Morgan fingerprint density at radius 3 is 2.58 bits per heavy atom. The maximum absolute atomic E-state index is 13.1. The van der Waals surface area contributed by atoms with Crippen LogP contribution in [0.3, 0.4) is 0 Å². The Hall–Kier alpha value is -2.46. The van der Waals surface area contributed by atoms with E-state index < -0.39 is 0 Å². The van der Waals surface area contributed by atoms with Gasteiger partial charge in [-0.2, -0.15) is 0 Å². The van der Waals surface area contributed by atoms with Gasteiger partial charge in [0.2, 0.25) is 5.91 Å². The number of halogens is 1. The fourth-order valence-electron chi connectivity index (χ4n) is 4.77. The van der Waals surface area contributed by atoms with Crippen LogP contribution in [0.2, 0.25) is 0 Å². The van der Waals surface area contributed by atoms with E-state index in [9.17, 15) is 9.18 Å². The Balaban J connectivity index is 1.24. The van der Waals surface area contributed by atoms with E-state index in [1.165, 1.54) is 56.2 Å². The predicted octanol–water partition coefficient (Wildman–Crippen LogP) is 6.08. The molecule has 4 heteroatoms. The summed E-state index contributed by atoms with van der Waals surface area (Å²) in [6.07, 6.45) is 12.2. The highest BCUT2D eigenvalue weighted by atomic mass is 19.1. The van der Waals surface area contributed by atoms with Crippen LogP contribution in [0, 0.1) is 5.82 Å². The molecule has 1 amide bonds. The SMILES string of the molecule is O=C(CN1CCC(c2ccc(F)cc2)C1)Nc1ccc(C/C2=C/CCCCCC2)cc1. The number of rotatable bonds is 6. The summed E-state index contributed by atoms with van der Waals surface area (Å²) in [4.78, 5) is 14.7. The quantitative estimate of drug-likeness (QED) is 0.575. The van der Waals surface area contributed by atoms with Gasteiger partial charge >= 0.3 is 0 Å². The largest absolute Gasteiger partial charge is 0.325 e. The van der Waals surface area contributed by atoms with Gasteiger partial charge in [0, 0.05) is 12.2 Å². The zero-order valence-corrected chi connectivity index (χ0v) is 18.3. The maximum atomic E-state index is 13.1. The topological polar surface area (TPSA) is 32.3 Å². The number of benzene rings is 2. The van der Waals surface area contributed by atoms with E-state index in [2.05, 4.69) is 28.4 Å². The van der Waals surface area contributed by atoms with Gasteiger partial charge in [0.15, 0.2) is 0 Å². The van der Waals surface area contributed by atoms with Crippen molar-refractivity contribution in [3.05, 3.63) is 77.1 Å². The molecule has 0 aromatic heterocycles. The van der Waals surface area contributed by atoms with Gasteiger partial charge in [-0.1, -0.05) is 48.8 Å². The Bertz CT molecular complexity index is 888. The van der Waals surface area contributed by atoms with Gasteiger partial charge in [0.25, 0.3) is 0 Å². The van der Waals surface area contributed by atoms with Crippen LogP contribution in [-0.2, 0) is 11.2 Å². The first-order chi connectivity index (χ1) is 15.2. The monoisotopic (exact) mass is 420 g/mol. The van der Waals surface area contributed by atoms with E-state index in [-0.39, 0.29) is 11.7 Å². The second kappa shape index (κ2) is 10.7. The number of allylic oxidation sites excluding steroid dienone is 2. The van der Waals surface area contributed by atoms with Crippen LogP contribution in [-0.4, -0.2) is 30.4 Å². The highest BCUT2D eigenvalue weighted by molar-refractivity contribution is 5.92. The second-order valence-electron chi connectivity index (χ2n) is 9.01. The van der Waals surface area contributed by atoms with E-state index in [4.69, 9.17) is 0 Å². The minimum atomic E-state index is -0.203. The highest BCUT2D eigenvalue weighted by Crippen LogP contribution is 2.27. The van der Waals surface area contributed by atoms with Gasteiger partial charge in [-0.25, -0.2) is 4.39 Å². The van der Waals surface area contributed by atoms with Crippen LogP contribution in [0.15, 0.2) is 60.2 Å². The number of carbonyl (C=O) groups excluding carboxylic acids is 1. The van der Waals surface area contributed by atoms with Crippen LogP contribution >= 0.6 is 0 Å². The molecule has 0 saturated carbocycles. The molecule has 2 aliphatic rings. The van der Waals surface area contributed by atoms with Gasteiger partial charge < -0.3 is 5.32 Å². The summed E-state index contributed by atoms with van der Waals surface area (Å²) in [7, 11) is 0. The third-order valence-electron chi connectivity index (χ3n) is 6.53. The average molecular weight is 421 g/mol. The second-order valence-corrected chi connectivity index (χ2v) is 9.01. The van der Waals surface area contributed by atoms with Gasteiger partial charge in [0.05, 0.1) is 6.54 Å². The molecular formula is C27H33FN2O. The lowest BCUT2D eigenvalue weighted by atomic mass is 9.95. The van der Waals surface area contributed by atoms with Crippen LogP contribution in [0.4, 0.5) is 10.1 Å². The standard InChI is InChI=1S/C27H33FN2O/c28-25-12-10-23(11-13-25)24-16-17-30(19-24)20-27(31)29-26-14-8-22(9-15-26)18-21-6-4-2-1-3-5-7-21/h6,8-15,24H,1-5,7,16-20H2,(H,29,31)/b21-6+. The van der Waals surface area contributed by atoms with Crippen molar-refractivity contribution in [2.75, 3.05) is 25.0 Å². The van der Waals surface area contributed by atoms with Crippen LogP contribution < -0.4 is 5.32 Å². The van der Waals surface area contributed by atoms with Crippen molar-refractivity contribution >= 4 is 11.6 Å². The predicted molar refractivity (Wildman–Crippen MR) is 125 cm³/mol. The molecule has 2 aromatic carbocycles. The van der Waals surface area contributed by atoms with Gasteiger partial charge in [-0.15, -0.1) is 0 Å². The van der Waals surface area contributed by atoms with Gasteiger partial charge in [-0.3, -0.25) is 9.69 Å². The molecule has 1 unspecified atom stereocenters. The molecular weight excluding hydrogens is 387 g/mol. The average Bonchev–Trinajstić information content (AvgIpc) is 3.20. The zero-order chi connectivity index (χ0) is 21.5. The Kier molecular flexibility index (Phi) is 7.52. The van der Waals surface area contributed by atoms with Gasteiger partial charge in [0.1, 0.15) is 5.82 Å². The van der Waals surface area contributed by atoms with Crippen molar-refractivity contribution in [3.63, 3.8) is 0 Å². The van der Waals surface area contributed by atoms with Crippen molar-refractivity contribution < 1.29 is 9.18 Å². The summed E-state index contributed by atoms with van der Waals surface area (Å²) in [5, 5.41) is 3.04. The van der Waals surface area contributed by atoms with E-state index in [1.54, 1.807) is 5.57 Å². The first-order valence-corrected chi connectivity index (χ1v) is 11.7. The van der Waals surface area contributed by atoms with Crippen molar-refractivity contribution in [1.29, 1.82) is 0 Å². The van der Waals surface area contributed by atoms with Crippen molar-refractivity contribution in [3.8, 4) is 0 Å². The van der Waals surface area contributed by atoms with E-state index in [0.717, 1.165) is 37.2 Å². The minimum absolute atomic E-state index is 0.0234. The van der Waals surface area contributed by atoms with Crippen LogP contribution in [0.5, 0.6) is 0 Å². The summed E-state index contributed by atoms with van der Waals surface area (Å²) < 4.78 is 13.1. The molecule has 164 valence electrons. The smallest absolute Gasteiger partial charge is 0.238 e. The molecule has 0 spiro atoms. The molecule has 1 aliphatic carbocycles. The number of anilines is 1. The Morgan fingerprint density at radius 1 is 1.00 bits per heavy atom. The molecule has 1 fully saturated rings. The van der Waals surface area contributed by atoms with E-state index in [0.29, 0.717) is 12.5 Å². The number of likely N-dealkylation sites (tertiary alicyclic amines) is 1. The lowest BCUT2D eigenvalue weighted by Crippen LogP contribution is -2.31. The number of amides is 1. The highest BCUT2D eigenvalue weighted by Gasteiger charge is 2.25. The normalized spacial score (nSPS) is 21.7. The summed E-state index contributed by atoms with van der Waals surface area (Å²) in [6, 6.07) is 15.1.